The average Bonchev–Trinajstić information content (AvgIpc) is 2.84. The molecule has 3 heteroatoms. The number of allylic oxidation sites excluding steroid dienone is 4. The molecule has 0 heterocycles. The normalized spacial score (nSPS) is 42.0. The number of aliphatic hydroxyl groups excluding tert-OH is 1. The number of fused-ring (bicyclic) bond motifs is 4. The maximum atomic E-state index is 11.7. The van der Waals surface area contributed by atoms with E-state index in [1.54, 1.807) is 11.6 Å². The molecule has 0 radical (unpaired) electrons. The van der Waals surface area contributed by atoms with Crippen LogP contribution in [0.15, 0.2) is 34.9 Å². The highest BCUT2D eigenvalue weighted by molar-refractivity contribution is 5.93. The summed E-state index contributed by atoms with van der Waals surface area (Å²) in [5, 5.41) is 20.4. The lowest BCUT2D eigenvalue weighted by Gasteiger charge is -2.51. The van der Waals surface area contributed by atoms with Crippen LogP contribution in [0.1, 0.15) is 58.3 Å². The van der Waals surface area contributed by atoms with Crippen molar-refractivity contribution in [3.8, 4) is 0 Å². The van der Waals surface area contributed by atoms with Gasteiger partial charge in [0.1, 0.15) is 0 Å². The minimum atomic E-state index is -0.782. The molecule has 24 heavy (non-hydrogen) atoms. The molecule has 2 fully saturated rings. The minimum Gasteiger partial charge on any atom is -0.392 e. The SMILES string of the molecule is C[C@]12CCC3=C4CCC(=O)C=C4CC[C@H]3[C@@H]1CC[C@@]2(O)/C=C\CO. The zero-order valence-electron chi connectivity index (χ0n) is 14.6. The van der Waals surface area contributed by atoms with Crippen LogP contribution in [-0.2, 0) is 4.79 Å². The number of rotatable bonds is 2. The predicted octanol–water partition coefficient (Wildman–Crippen LogP) is 3.47. The Balaban J connectivity index is 1.70. The highest BCUT2D eigenvalue weighted by Crippen LogP contribution is 2.63. The monoisotopic (exact) mass is 328 g/mol. The molecule has 2 N–H and O–H groups in total. The van der Waals surface area contributed by atoms with Crippen LogP contribution in [0.5, 0.6) is 0 Å². The van der Waals surface area contributed by atoms with Crippen molar-refractivity contribution in [3.05, 3.63) is 34.9 Å². The van der Waals surface area contributed by atoms with Crippen molar-refractivity contribution in [1.82, 2.24) is 0 Å². The summed E-state index contributed by atoms with van der Waals surface area (Å²) < 4.78 is 0. The predicted molar refractivity (Wildman–Crippen MR) is 93.3 cm³/mol. The van der Waals surface area contributed by atoms with E-state index in [0.29, 0.717) is 18.3 Å². The summed E-state index contributed by atoms with van der Waals surface area (Å²) in [6.07, 6.45) is 13.1. The molecule has 4 atom stereocenters. The first-order valence-corrected chi connectivity index (χ1v) is 9.45. The molecule has 4 rings (SSSR count). The lowest BCUT2D eigenvalue weighted by molar-refractivity contribution is -0.114. The summed E-state index contributed by atoms with van der Waals surface area (Å²) in [5.74, 6) is 1.37. The fourth-order valence-electron chi connectivity index (χ4n) is 6.11. The fourth-order valence-corrected chi connectivity index (χ4v) is 6.11. The third-order valence-corrected chi connectivity index (χ3v) is 7.45. The summed E-state index contributed by atoms with van der Waals surface area (Å²) in [7, 11) is 0. The topological polar surface area (TPSA) is 57.5 Å². The average molecular weight is 328 g/mol. The van der Waals surface area contributed by atoms with Crippen LogP contribution in [0.2, 0.25) is 0 Å². The Bertz CT molecular complexity index is 656. The second-order valence-corrected chi connectivity index (χ2v) is 8.36. The van der Waals surface area contributed by atoms with E-state index in [1.165, 1.54) is 11.1 Å². The number of aliphatic hydroxyl groups is 2. The van der Waals surface area contributed by atoms with E-state index in [-0.39, 0.29) is 17.8 Å². The molecule has 4 aliphatic rings. The van der Waals surface area contributed by atoms with E-state index >= 15 is 0 Å². The Morgan fingerprint density at radius 1 is 1.21 bits per heavy atom. The molecular weight excluding hydrogens is 300 g/mol. The molecular formula is C21H28O3. The molecule has 0 amide bonds. The summed E-state index contributed by atoms with van der Waals surface area (Å²) in [4.78, 5) is 11.7. The highest BCUT2D eigenvalue weighted by atomic mass is 16.3. The van der Waals surface area contributed by atoms with Crippen molar-refractivity contribution in [1.29, 1.82) is 0 Å². The molecule has 3 nitrogen and oxygen atoms in total. The molecule has 0 spiro atoms. The van der Waals surface area contributed by atoms with Gasteiger partial charge in [-0.2, -0.15) is 0 Å². The van der Waals surface area contributed by atoms with E-state index in [1.807, 2.05) is 12.2 Å². The molecule has 0 aliphatic heterocycles. The molecule has 130 valence electrons. The van der Waals surface area contributed by atoms with Gasteiger partial charge in [-0.15, -0.1) is 0 Å². The molecule has 4 aliphatic carbocycles. The second kappa shape index (κ2) is 5.67. The number of hydrogen-bond donors (Lipinski definition) is 2. The van der Waals surface area contributed by atoms with Gasteiger partial charge in [-0.05, 0) is 74.0 Å². The van der Waals surface area contributed by atoms with E-state index in [0.717, 1.165) is 44.9 Å². The van der Waals surface area contributed by atoms with Gasteiger partial charge in [0.05, 0.1) is 12.2 Å². The molecule has 0 aromatic heterocycles. The van der Waals surface area contributed by atoms with E-state index in [2.05, 4.69) is 6.92 Å². The number of carbonyl (C=O) groups excluding carboxylic acids is 1. The smallest absolute Gasteiger partial charge is 0.156 e. The summed E-state index contributed by atoms with van der Waals surface area (Å²) in [6, 6.07) is 0. The molecule has 0 bridgehead atoms. The number of ketones is 1. The van der Waals surface area contributed by atoms with Crippen LogP contribution in [0.4, 0.5) is 0 Å². The summed E-state index contributed by atoms with van der Waals surface area (Å²) in [5.41, 5.74) is 3.50. The van der Waals surface area contributed by atoms with Crippen molar-refractivity contribution >= 4 is 5.78 Å². The Hall–Kier alpha value is -1.19. The Kier molecular flexibility index (Phi) is 3.85. The van der Waals surface area contributed by atoms with E-state index in [4.69, 9.17) is 5.11 Å². The zero-order chi connectivity index (χ0) is 16.9. The Labute approximate surface area is 144 Å². The van der Waals surface area contributed by atoms with Crippen molar-refractivity contribution in [2.45, 2.75) is 63.9 Å². The van der Waals surface area contributed by atoms with Gasteiger partial charge in [0.2, 0.25) is 0 Å². The van der Waals surface area contributed by atoms with Gasteiger partial charge in [-0.3, -0.25) is 4.79 Å². The van der Waals surface area contributed by atoms with Gasteiger partial charge in [0.25, 0.3) is 0 Å². The maximum Gasteiger partial charge on any atom is 0.156 e. The summed E-state index contributed by atoms with van der Waals surface area (Å²) in [6.45, 7) is 2.24. The van der Waals surface area contributed by atoms with Crippen LogP contribution in [0.3, 0.4) is 0 Å². The third-order valence-electron chi connectivity index (χ3n) is 7.45. The second-order valence-electron chi connectivity index (χ2n) is 8.36. The largest absolute Gasteiger partial charge is 0.392 e. The molecule has 0 saturated heterocycles. The number of carbonyl (C=O) groups is 1. The molecule has 2 saturated carbocycles. The first-order valence-electron chi connectivity index (χ1n) is 9.45. The van der Waals surface area contributed by atoms with Crippen LogP contribution < -0.4 is 0 Å². The number of hydrogen-bond acceptors (Lipinski definition) is 3. The van der Waals surface area contributed by atoms with Gasteiger partial charge in [0, 0.05) is 11.8 Å². The van der Waals surface area contributed by atoms with E-state index < -0.39 is 5.60 Å². The van der Waals surface area contributed by atoms with Gasteiger partial charge < -0.3 is 10.2 Å². The quantitative estimate of drug-likeness (QED) is 0.763. The first-order chi connectivity index (χ1) is 11.5. The third kappa shape index (κ3) is 2.21. The lowest BCUT2D eigenvalue weighted by atomic mass is 9.55. The van der Waals surface area contributed by atoms with Gasteiger partial charge in [0.15, 0.2) is 5.78 Å². The molecule has 0 unspecified atom stereocenters. The van der Waals surface area contributed by atoms with E-state index in [9.17, 15) is 9.90 Å². The highest BCUT2D eigenvalue weighted by Gasteiger charge is 2.59. The van der Waals surface area contributed by atoms with Crippen LogP contribution in [0.25, 0.3) is 0 Å². The Morgan fingerprint density at radius 2 is 2.04 bits per heavy atom. The van der Waals surface area contributed by atoms with Gasteiger partial charge in [-0.25, -0.2) is 0 Å². The summed E-state index contributed by atoms with van der Waals surface area (Å²) >= 11 is 0. The standard InChI is InChI=1S/C21H28O3/c1-20-10-7-17-16-6-4-15(23)13-14(16)3-5-18(17)19(20)8-11-21(20,24)9-2-12-22/h2,9,13,18-19,22,24H,3-8,10-12H2,1H3/b9-2-/t18-,19+,20+,21+/m1/s1. The fraction of sp³-hybridized carbons (Fsp3) is 0.667. The van der Waals surface area contributed by atoms with Crippen molar-refractivity contribution in [2.24, 2.45) is 17.3 Å². The molecule has 0 aromatic rings. The van der Waals surface area contributed by atoms with Crippen molar-refractivity contribution < 1.29 is 15.0 Å². The lowest BCUT2D eigenvalue weighted by Crippen LogP contribution is -2.48. The van der Waals surface area contributed by atoms with Gasteiger partial charge in [-0.1, -0.05) is 24.6 Å². The van der Waals surface area contributed by atoms with Crippen LogP contribution in [0, 0.1) is 17.3 Å². The Morgan fingerprint density at radius 3 is 2.83 bits per heavy atom. The van der Waals surface area contributed by atoms with Crippen LogP contribution in [-0.4, -0.2) is 28.2 Å². The van der Waals surface area contributed by atoms with Crippen molar-refractivity contribution in [2.75, 3.05) is 6.61 Å². The van der Waals surface area contributed by atoms with Crippen LogP contribution >= 0.6 is 0 Å². The minimum absolute atomic E-state index is 0.00995. The first kappa shape index (κ1) is 16.3. The van der Waals surface area contributed by atoms with Gasteiger partial charge >= 0.3 is 0 Å². The molecule has 0 aromatic carbocycles. The maximum absolute atomic E-state index is 11.7. The van der Waals surface area contributed by atoms with Crippen molar-refractivity contribution in [3.63, 3.8) is 0 Å². The zero-order valence-corrected chi connectivity index (χ0v) is 14.6.